The summed E-state index contributed by atoms with van der Waals surface area (Å²) >= 11 is 6.30. The standard InChI is InChI=1S/C25H24ClN3O4S/c1-3-16-27-25(31)20-8-4-6-10-22(20)28-24(30)17-29(23-11-7-5-9-21(23)26)34(32,33)19-14-12-18(2)13-15-19/h3-15H,1,16-17H2,2H3,(H,27,31)(H,28,30). The first-order valence-electron chi connectivity index (χ1n) is 10.4. The number of para-hydroxylation sites is 2. The topological polar surface area (TPSA) is 95.6 Å². The summed E-state index contributed by atoms with van der Waals surface area (Å²) in [6.07, 6.45) is 1.54. The second-order valence-electron chi connectivity index (χ2n) is 7.37. The van der Waals surface area contributed by atoms with Gasteiger partial charge in [-0.1, -0.05) is 59.6 Å². The van der Waals surface area contributed by atoms with Crippen molar-refractivity contribution in [3.05, 3.63) is 102 Å². The van der Waals surface area contributed by atoms with Crippen LogP contribution in [-0.4, -0.2) is 33.3 Å². The summed E-state index contributed by atoms with van der Waals surface area (Å²) in [5, 5.41) is 5.48. The first kappa shape index (κ1) is 25.0. The molecule has 176 valence electrons. The Kier molecular flexibility index (Phi) is 8.09. The Morgan fingerprint density at radius 3 is 2.32 bits per heavy atom. The molecule has 0 radical (unpaired) electrons. The van der Waals surface area contributed by atoms with Crippen LogP contribution in [0.25, 0.3) is 0 Å². The molecule has 34 heavy (non-hydrogen) atoms. The summed E-state index contributed by atoms with van der Waals surface area (Å²) in [5.41, 5.74) is 1.55. The highest BCUT2D eigenvalue weighted by atomic mass is 35.5. The number of anilines is 2. The summed E-state index contributed by atoms with van der Waals surface area (Å²) in [6, 6.07) is 19.1. The van der Waals surface area contributed by atoms with Gasteiger partial charge in [-0.2, -0.15) is 0 Å². The number of sulfonamides is 1. The monoisotopic (exact) mass is 497 g/mol. The molecule has 3 aromatic rings. The minimum absolute atomic E-state index is 0.0232. The summed E-state index contributed by atoms with van der Waals surface area (Å²) < 4.78 is 27.9. The van der Waals surface area contributed by atoms with Crippen molar-refractivity contribution >= 4 is 44.8 Å². The Balaban J connectivity index is 1.93. The van der Waals surface area contributed by atoms with E-state index in [4.69, 9.17) is 11.6 Å². The number of hydrogen-bond donors (Lipinski definition) is 2. The summed E-state index contributed by atoms with van der Waals surface area (Å²) in [7, 11) is -4.12. The molecule has 0 aliphatic rings. The highest BCUT2D eigenvalue weighted by Crippen LogP contribution is 2.30. The zero-order chi connectivity index (χ0) is 24.7. The molecule has 2 amide bonds. The number of rotatable bonds is 9. The van der Waals surface area contributed by atoms with Gasteiger partial charge in [-0.3, -0.25) is 13.9 Å². The fourth-order valence-corrected chi connectivity index (χ4v) is 4.89. The van der Waals surface area contributed by atoms with E-state index in [1.807, 2.05) is 6.92 Å². The number of aryl methyl sites for hydroxylation is 1. The van der Waals surface area contributed by atoms with Gasteiger partial charge in [-0.15, -0.1) is 6.58 Å². The molecule has 0 aliphatic carbocycles. The molecule has 0 atom stereocenters. The van der Waals surface area contributed by atoms with E-state index in [2.05, 4.69) is 17.2 Å². The second-order valence-corrected chi connectivity index (χ2v) is 9.64. The molecule has 7 nitrogen and oxygen atoms in total. The van der Waals surface area contributed by atoms with Gasteiger partial charge < -0.3 is 10.6 Å². The molecule has 3 aromatic carbocycles. The predicted molar refractivity (Wildman–Crippen MR) is 135 cm³/mol. The van der Waals surface area contributed by atoms with E-state index in [-0.39, 0.29) is 33.4 Å². The first-order chi connectivity index (χ1) is 16.2. The van der Waals surface area contributed by atoms with Crippen molar-refractivity contribution in [2.45, 2.75) is 11.8 Å². The largest absolute Gasteiger partial charge is 0.349 e. The average molecular weight is 498 g/mol. The molecule has 0 aliphatic heterocycles. The van der Waals surface area contributed by atoms with E-state index >= 15 is 0 Å². The minimum Gasteiger partial charge on any atom is -0.349 e. The van der Waals surface area contributed by atoms with E-state index < -0.39 is 28.4 Å². The van der Waals surface area contributed by atoms with Crippen molar-refractivity contribution in [2.75, 3.05) is 22.7 Å². The third-order valence-corrected chi connectivity index (χ3v) is 6.96. The van der Waals surface area contributed by atoms with Crippen LogP contribution < -0.4 is 14.9 Å². The number of nitrogens with zero attached hydrogens (tertiary/aromatic N) is 1. The Labute approximate surface area is 204 Å². The van der Waals surface area contributed by atoms with Gasteiger partial charge in [0.05, 0.1) is 26.9 Å². The molecule has 0 unspecified atom stereocenters. The fourth-order valence-electron chi connectivity index (χ4n) is 3.16. The number of hydrogen-bond acceptors (Lipinski definition) is 4. The molecule has 0 saturated carbocycles. The van der Waals surface area contributed by atoms with Gasteiger partial charge >= 0.3 is 0 Å². The maximum atomic E-state index is 13.5. The van der Waals surface area contributed by atoms with Crippen LogP contribution in [-0.2, 0) is 14.8 Å². The molecular weight excluding hydrogens is 474 g/mol. The first-order valence-corrected chi connectivity index (χ1v) is 12.2. The average Bonchev–Trinajstić information content (AvgIpc) is 2.82. The van der Waals surface area contributed by atoms with E-state index in [0.29, 0.717) is 0 Å². The van der Waals surface area contributed by atoms with Crippen LogP contribution in [0.4, 0.5) is 11.4 Å². The fraction of sp³-hybridized carbons (Fsp3) is 0.120. The van der Waals surface area contributed by atoms with Crippen molar-refractivity contribution in [3.63, 3.8) is 0 Å². The number of amides is 2. The minimum atomic E-state index is -4.12. The molecule has 0 aromatic heterocycles. The third kappa shape index (κ3) is 5.84. The molecule has 3 rings (SSSR count). The van der Waals surface area contributed by atoms with E-state index in [1.165, 1.54) is 24.3 Å². The molecule has 0 spiro atoms. The van der Waals surface area contributed by atoms with Crippen LogP contribution >= 0.6 is 11.6 Å². The Morgan fingerprint density at radius 2 is 1.65 bits per heavy atom. The lowest BCUT2D eigenvalue weighted by Gasteiger charge is -2.25. The maximum Gasteiger partial charge on any atom is 0.264 e. The van der Waals surface area contributed by atoms with Crippen LogP contribution in [0.3, 0.4) is 0 Å². The molecule has 0 fully saturated rings. The zero-order valence-corrected chi connectivity index (χ0v) is 20.1. The van der Waals surface area contributed by atoms with Crippen molar-refractivity contribution in [3.8, 4) is 0 Å². The van der Waals surface area contributed by atoms with Crippen LogP contribution in [0.5, 0.6) is 0 Å². The summed E-state index contributed by atoms with van der Waals surface area (Å²) in [4.78, 5) is 25.5. The smallest absolute Gasteiger partial charge is 0.264 e. The van der Waals surface area contributed by atoms with Crippen molar-refractivity contribution in [1.82, 2.24) is 5.32 Å². The third-order valence-electron chi connectivity index (χ3n) is 4.87. The van der Waals surface area contributed by atoms with Crippen LogP contribution in [0.15, 0.2) is 90.3 Å². The zero-order valence-electron chi connectivity index (χ0n) is 18.5. The van der Waals surface area contributed by atoms with Crippen molar-refractivity contribution in [1.29, 1.82) is 0 Å². The van der Waals surface area contributed by atoms with E-state index in [0.717, 1.165) is 9.87 Å². The van der Waals surface area contributed by atoms with Gasteiger partial charge in [0, 0.05) is 6.54 Å². The SMILES string of the molecule is C=CCNC(=O)c1ccccc1NC(=O)CN(c1ccccc1Cl)S(=O)(=O)c1ccc(C)cc1. The number of carbonyl (C=O) groups excluding carboxylic acids is 2. The van der Waals surface area contributed by atoms with Crippen LogP contribution in [0, 0.1) is 6.92 Å². The second kappa shape index (κ2) is 11.0. The molecule has 0 heterocycles. The molecule has 0 bridgehead atoms. The van der Waals surface area contributed by atoms with Gasteiger partial charge in [0.25, 0.3) is 15.9 Å². The number of halogens is 1. The maximum absolute atomic E-state index is 13.5. The van der Waals surface area contributed by atoms with Gasteiger partial charge in [-0.25, -0.2) is 8.42 Å². The molecule has 2 N–H and O–H groups in total. The van der Waals surface area contributed by atoms with E-state index in [1.54, 1.807) is 54.6 Å². The van der Waals surface area contributed by atoms with Gasteiger partial charge in [0.1, 0.15) is 6.54 Å². The molecule has 0 saturated heterocycles. The highest BCUT2D eigenvalue weighted by molar-refractivity contribution is 7.92. The summed E-state index contributed by atoms with van der Waals surface area (Å²) in [5.74, 6) is -1.04. The van der Waals surface area contributed by atoms with Crippen molar-refractivity contribution in [2.24, 2.45) is 0 Å². The Hall–Kier alpha value is -3.62. The number of carbonyl (C=O) groups is 2. The number of nitrogens with one attached hydrogen (secondary N) is 2. The van der Waals surface area contributed by atoms with Crippen LogP contribution in [0.2, 0.25) is 5.02 Å². The molecule has 9 heteroatoms. The quantitative estimate of drug-likeness (QED) is 0.428. The lowest BCUT2D eigenvalue weighted by Crippen LogP contribution is -2.38. The summed E-state index contributed by atoms with van der Waals surface area (Å²) in [6.45, 7) is 5.11. The highest BCUT2D eigenvalue weighted by Gasteiger charge is 2.29. The normalized spacial score (nSPS) is 10.9. The Morgan fingerprint density at radius 1 is 1.00 bits per heavy atom. The van der Waals surface area contributed by atoms with Gasteiger partial charge in [0.15, 0.2) is 0 Å². The Bertz CT molecular complexity index is 1310. The van der Waals surface area contributed by atoms with Crippen molar-refractivity contribution < 1.29 is 18.0 Å². The lowest BCUT2D eigenvalue weighted by atomic mass is 10.1. The predicted octanol–water partition coefficient (Wildman–Crippen LogP) is 4.40. The van der Waals surface area contributed by atoms with Crippen LogP contribution in [0.1, 0.15) is 15.9 Å². The lowest BCUT2D eigenvalue weighted by molar-refractivity contribution is -0.114. The van der Waals surface area contributed by atoms with Gasteiger partial charge in [-0.05, 0) is 43.3 Å². The van der Waals surface area contributed by atoms with E-state index in [9.17, 15) is 18.0 Å². The number of benzene rings is 3. The molecular formula is C25H24ClN3O4S. The van der Waals surface area contributed by atoms with Gasteiger partial charge in [0.2, 0.25) is 5.91 Å².